The Morgan fingerprint density at radius 3 is 2.58 bits per heavy atom. The van der Waals surface area contributed by atoms with Gasteiger partial charge < -0.3 is 9.84 Å². The molecule has 0 aliphatic rings. The summed E-state index contributed by atoms with van der Waals surface area (Å²) >= 11 is 0. The van der Waals surface area contributed by atoms with Crippen molar-refractivity contribution in [2.24, 2.45) is 0 Å². The van der Waals surface area contributed by atoms with E-state index in [1.54, 1.807) is 24.3 Å². The zero-order valence-corrected chi connectivity index (χ0v) is 10.6. The van der Waals surface area contributed by atoms with Crippen LogP contribution >= 0.6 is 0 Å². The van der Waals surface area contributed by atoms with Crippen LogP contribution in [0.4, 0.5) is 0 Å². The van der Waals surface area contributed by atoms with Gasteiger partial charge in [-0.05, 0) is 43.2 Å². The second-order valence-electron chi connectivity index (χ2n) is 4.14. The Bertz CT molecular complexity index is 601. The molecular formula is C15H14N2O2. The van der Waals surface area contributed by atoms with Crippen LogP contribution in [0.1, 0.15) is 16.8 Å². The number of hydrogen-bond acceptors (Lipinski definition) is 4. The average Bonchev–Trinajstić information content (AvgIpc) is 2.42. The number of benzene rings is 1. The van der Waals surface area contributed by atoms with Crippen LogP contribution in [-0.2, 0) is 6.42 Å². The van der Waals surface area contributed by atoms with E-state index in [9.17, 15) is 0 Å². The predicted molar refractivity (Wildman–Crippen MR) is 71.0 cm³/mol. The fourth-order valence-electron chi connectivity index (χ4n) is 1.66. The van der Waals surface area contributed by atoms with Crippen molar-refractivity contribution in [1.29, 1.82) is 5.26 Å². The smallest absolute Gasteiger partial charge is 0.237 e. The number of pyridine rings is 1. The molecule has 0 saturated carbocycles. The van der Waals surface area contributed by atoms with Crippen molar-refractivity contribution in [2.75, 3.05) is 6.61 Å². The molecule has 0 fully saturated rings. The number of aliphatic hydroxyl groups excluding tert-OH is 1. The molecule has 0 amide bonds. The lowest BCUT2D eigenvalue weighted by atomic mass is 10.1. The molecule has 2 rings (SSSR count). The number of ether oxygens (including phenoxy) is 1. The highest BCUT2D eigenvalue weighted by atomic mass is 16.5. The summed E-state index contributed by atoms with van der Waals surface area (Å²) in [5, 5.41) is 17.8. The molecule has 4 nitrogen and oxygen atoms in total. The minimum absolute atomic E-state index is 0.123. The van der Waals surface area contributed by atoms with E-state index in [1.165, 1.54) is 0 Å². The van der Waals surface area contributed by atoms with Crippen LogP contribution in [0.3, 0.4) is 0 Å². The predicted octanol–water partition coefficient (Wildman–Crippen LogP) is 2.59. The Morgan fingerprint density at radius 2 is 1.95 bits per heavy atom. The van der Waals surface area contributed by atoms with E-state index >= 15 is 0 Å². The third-order valence-corrected chi connectivity index (χ3v) is 2.66. The first-order chi connectivity index (χ1) is 9.22. The summed E-state index contributed by atoms with van der Waals surface area (Å²) in [6.07, 6.45) is 0.617. The fraction of sp³-hybridized carbons (Fsp3) is 0.200. The molecule has 19 heavy (non-hydrogen) atoms. The number of aryl methyl sites for hydroxylation is 1. The molecule has 4 heteroatoms. The molecule has 0 aliphatic carbocycles. The van der Waals surface area contributed by atoms with Crippen LogP contribution in [0.15, 0.2) is 36.4 Å². The van der Waals surface area contributed by atoms with Crippen LogP contribution in [0.25, 0.3) is 0 Å². The average molecular weight is 254 g/mol. The van der Waals surface area contributed by atoms with E-state index < -0.39 is 0 Å². The third kappa shape index (κ3) is 3.30. The van der Waals surface area contributed by atoms with Crippen LogP contribution < -0.4 is 4.74 Å². The van der Waals surface area contributed by atoms with Crippen molar-refractivity contribution in [1.82, 2.24) is 4.98 Å². The summed E-state index contributed by atoms with van der Waals surface area (Å²) in [6.45, 7) is 1.97. The van der Waals surface area contributed by atoms with Crippen molar-refractivity contribution >= 4 is 0 Å². The molecule has 0 spiro atoms. The number of aliphatic hydroxyl groups is 1. The van der Waals surface area contributed by atoms with Gasteiger partial charge in [0.25, 0.3) is 0 Å². The molecule has 1 aromatic heterocycles. The van der Waals surface area contributed by atoms with E-state index in [0.29, 0.717) is 23.6 Å². The van der Waals surface area contributed by atoms with Crippen LogP contribution in [0, 0.1) is 18.3 Å². The molecule has 0 atom stereocenters. The number of nitriles is 1. The normalized spacial score (nSPS) is 9.95. The van der Waals surface area contributed by atoms with Gasteiger partial charge in [-0.15, -0.1) is 0 Å². The summed E-state index contributed by atoms with van der Waals surface area (Å²) in [5.74, 6) is 0.939. The molecule has 0 unspecified atom stereocenters. The summed E-state index contributed by atoms with van der Waals surface area (Å²) in [4.78, 5) is 4.21. The summed E-state index contributed by atoms with van der Waals surface area (Å²) in [5.41, 5.74) is 2.24. The van der Waals surface area contributed by atoms with Crippen LogP contribution in [0.5, 0.6) is 11.6 Å². The quantitative estimate of drug-likeness (QED) is 0.910. The lowest BCUT2D eigenvalue weighted by molar-refractivity contribution is 0.299. The van der Waals surface area contributed by atoms with Gasteiger partial charge in [0.15, 0.2) is 0 Å². The number of hydrogen-bond donors (Lipinski definition) is 1. The van der Waals surface area contributed by atoms with Gasteiger partial charge in [0.2, 0.25) is 5.88 Å². The Balaban J connectivity index is 2.21. The van der Waals surface area contributed by atoms with E-state index in [2.05, 4.69) is 11.1 Å². The molecule has 1 aromatic carbocycles. The zero-order chi connectivity index (χ0) is 13.7. The topological polar surface area (TPSA) is 66.1 Å². The van der Waals surface area contributed by atoms with Gasteiger partial charge in [-0.25, -0.2) is 4.98 Å². The Hall–Kier alpha value is -2.38. The van der Waals surface area contributed by atoms with E-state index in [1.807, 2.05) is 19.1 Å². The SMILES string of the molecule is Cc1ccc(C#N)c(Oc2ccc(CCO)cc2)n1. The van der Waals surface area contributed by atoms with Gasteiger partial charge in [-0.3, -0.25) is 0 Å². The molecule has 96 valence electrons. The minimum atomic E-state index is 0.123. The van der Waals surface area contributed by atoms with Gasteiger partial charge in [0.05, 0.1) is 0 Å². The lowest BCUT2D eigenvalue weighted by Gasteiger charge is -2.07. The molecule has 0 bridgehead atoms. The highest BCUT2D eigenvalue weighted by molar-refractivity contribution is 5.41. The second-order valence-corrected chi connectivity index (χ2v) is 4.14. The van der Waals surface area contributed by atoms with E-state index in [0.717, 1.165) is 11.3 Å². The standard InChI is InChI=1S/C15H14N2O2/c1-11-2-5-13(10-16)15(17-11)19-14-6-3-12(4-7-14)8-9-18/h2-7,18H,8-9H2,1H3. The molecular weight excluding hydrogens is 240 g/mol. The molecule has 0 saturated heterocycles. The molecule has 0 aliphatic heterocycles. The molecule has 0 radical (unpaired) electrons. The minimum Gasteiger partial charge on any atom is -0.438 e. The van der Waals surface area contributed by atoms with Crippen molar-refractivity contribution in [3.05, 3.63) is 53.2 Å². The van der Waals surface area contributed by atoms with Crippen LogP contribution in [-0.4, -0.2) is 16.7 Å². The lowest BCUT2D eigenvalue weighted by Crippen LogP contribution is -1.94. The maximum Gasteiger partial charge on any atom is 0.237 e. The van der Waals surface area contributed by atoms with Gasteiger partial charge in [-0.1, -0.05) is 12.1 Å². The number of rotatable bonds is 4. The maximum absolute atomic E-state index is 9.00. The first kappa shape index (κ1) is 13.1. The number of aromatic nitrogens is 1. The maximum atomic E-state index is 9.00. The fourth-order valence-corrected chi connectivity index (χ4v) is 1.66. The summed E-state index contributed by atoms with van der Waals surface area (Å²) in [6, 6.07) is 12.9. The van der Waals surface area contributed by atoms with E-state index in [4.69, 9.17) is 15.1 Å². The van der Waals surface area contributed by atoms with Gasteiger partial charge in [-0.2, -0.15) is 5.26 Å². The van der Waals surface area contributed by atoms with Crippen molar-refractivity contribution in [2.45, 2.75) is 13.3 Å². The monoisotopic (exact) mass is 254 g/mol. The second kappa shape index (κ2) is 5.98. The highest BCUT2D eigenvalue weighted by Crippen LogP contribution is 2.23. The first-order valence-corrected chi connectivity index (χ1v) is 5.98. The van der Waals surface area contributed by atoms with Crippen molar-refractivity contribution in [3.63, 3.8) is 0 Å². The van der Waals surface area contributed by atoms with Crippen molar-refractivity contribution in [3.8, 4) is 17.7 Å². The molecule has 2 aromatic rings. The van der Waals surface area contributed by atoms with Gasteiger partial charge >= 0.3 is 0 Å². The number of nitrogens with zero attached hydrogens (tertiary/aromatic N) is 2. The van der Waals surface area contributed by atoms with E-state index in [-0.39, 0.29) is 6.61 Å². The highest BCUT2D eigenvalue weighted by Gasteiger charge is 2.06. The van der Waals surface area contributed by atoms with Gasteiger partial charge in [0, 0.05) is 12.3 Å². The van der Waals surface area contributed by atoms with Crippen molar-refractivity contribution < 1.29 is 9.84 Å². The Kier molecular flexibility index (Phi) is 4.11. The Morgan fingerprint density at radius 1 is 1.21 bits per heavy atom. The first-order valence-electron chi connectivity index (χ1n) is 5.98. The largest absolute Gasteiger partial charge is 0.438 e. The zero-order valence-electron chi connectivity index (χ0n) is 10.6. The van der Waals surface area contributed by atoms with Gasteiger partial charge in [0.1, 0.15) is 17.4 Å². The molecule has 1 N–H and O–H groups in total. The van der Waals surface area contributed by atoms with Crippen LogP contribution in [0.2, 0.25) is 0 Å². The summed E-state index contributed by atoms with van der Waals surface area (Å²) < 4.78 is 5.62. The molecule has 1 heterocycles. The third-order valence-electron chi connectivity index (χ3n) is 2.66. The Labute approximate surface area is 111 Å². The summed E-state index contributed by atoms with van der Waals surface area (Å²) in [7, 11) is 0.